The van der Waals surface area contributed by atoms with Crippen LogP contribution in [-0.2, 0) is 18.9 Å². The molecule has 2 aromatic carbocycles. The van der Waals surface area contributed by atoms with Crippen molar-refractivity contribution in [3.8, 4) is 0 Å². The van der Waals surface area contributed by atoms with Crippen LogP contribution >= 0.6 is 0 Å². The minimum absolute atomic E-state index is 0.0467. The quantitative estimate of drug-likeness (QED) is 0.129. The Morgan fingerprint density at radius 3 is 1.26 bits per heavy atom. The number of carbonyl (C=O) groups is 4. The molecule has 0 amide bonds. The van der Waals surface area contributed by atoms with Gasteiger partial charge in [-0.2, -0.15) is 0 Å². The molecule has 0 radical (unpaired) electrons. The van der Waals surface area contributed by atoms with Crippen molar-refractivity contribution < 1.29 is 48.3 Å². The second-order valence-electron chi connectivity index (χ2n) is 7.80. The van der Waals surface area contributed by atoms with Gasteiger partial charge >= 0.3 is 81.5 Å². The summed E-state index contributed by atoms with van der Waals surface area (Å²) in [6, 6.07) is 11.3. The van der Waals surface area contributed by atoms with Crippen molar-refractivity contribution in [2.75, 3.05) is 27.8 Å². The number of hydrogen-bond acceptors (Lipinski definition) is 10. The maximum absolute atomic E-state index is 11.3. The molecule has 10 nitrogen and oxygen atoms in total. The van der Waals surface area contributed by atoms with Crippen LogP contribution in [-0.4, -0.2) is 72.8 Å². The third kappa shape index (κ3) is 15.9. The van der Waals surface area contributed by atoms with Gasteiger partial charge in [0.05, 0.1) is 23.1 Å². The number of carboxylic acid groups (broad SMARTS) is 2. The van der Waals surface area contributed by atoms with Crippen molar-refractivity contribution in [1.82, 2.24) is 0 Å². The van der Waals surface area contributed by atoms with E-state index in [9.17, 15) is 29.4 Å². The number of carboxylic acids is 2. The Kier molecular flexibility index (Phi) is 21.2. The molecule has 0 atom stereocenters. The van der Waals surface area contributed by atoms with Crippen LogP contribution in [0.15, 0.2) is 48.5 Å². The average molecular weight is 651 g/mol. The second kappa shape index (κ2) is 23.0. The van der Waals surface area contributed by atoms with E-state index in [1.54, 1.807) is 8.87 Å². The smallest absolute Gasteiger partial charge is 0.340 e. The zero-order valence-electron chi connectivity index (χ0n) is 22.9. The van der Waals surface area contributed by atoms with Crippen molar-refractivity contribution in [2.24, 2.45) is 0 Å². The Morgan fingerprint density at radius 1 is 0.641 bits per heavy atom. The van der Waals surface area contributed by atoms with E-state index in [-0.39, 0.29) is 57.0 Å². The number of esters is 2. The largest absolute Gasteiger partial charge is 0.545 e. The topological polar surface area (TPSA) is 151 Å². The molecule has 2 rings (SSSR count). The van der Waals surface area contributed by atoms with Crippen molar-refractivity contribution in [3.05, 3.63) is 70.8 Å². The van der Waals surface area contributed by atoms with Crippen molar-refractivity contribution in [1.29, 1.82) is 0 Å². The van der Waals surface area contributed by atoms with Crippen LogP contribution in [0, 0.1) is 0 Å². The number of methoxy groups -OCH3 is 2. The van der Waals surface area contributed by atoms with Gasteiger partial charge in [0.2, 0.25) is 0 Å². The first-order valence-corrected chi connectivity index (χ1v) is 16.4. The molecule has 0 unspecified atom stereocenters. The predicted octanol–water partition coefficient (Wildman–Crippen LogP) is 2.75. The summed E-state index contributed by atoms with van der Waals surface area (Å²) in [7, 11) is 2.72. The Bertz CT molecular complexity index is 930. The molecule has 0 saturated carbocycles. The van der Waals surface area contributed by atoms with Crippen molar-refractivity contribution in [3.63, 3.8) is 0 Å². The van der Waals surface area contributed by atoms with Crippen molar-refractivity contribution >= 4 is 45.0 Å². The average Bonchev–Trinajstić information content (AvgIpc) is 2.95. The molecule has 0 aromatic heterocycles. The summed E-state index contributed by atoms with van der Waals surface area (Å²) in [5.41, 5.74) is -0.485. The molecule has 2 aromatic rings. The first-order chi connectivity index (χ1) is 18.7. The maximum Gasteiger partial charge on any atom is 0.340 e. The Balaban J connectivity index is 0.000000576. The van der Waals surface area contributed by atoms with Gasteiger partial charge in [-0.25, -0.2) is 9.59 Å². The van der Waals surface area contributed by atoms with E-state index in [4.69, 9.17) is 0 Å². The fraction of sp³-hybridized carbons (Fsp3) is 0.429. The molecule has 0 aliphatic rings. The van der Waals surface area contributed by atoms with Gasteiger partial charge < -0.3 is 38.7 Å². The number of aromatic carboxylic acids is 2. The third-order valence-electron chi connectivity index (χ3n) is 4.76. The molecule has 0 spiro atoms. The Labute approximate surface area is 239 Å². The number of rotatable bonds is 14. The van der Waals surface area contributed by atoms with E-state index in [0.29, 0.717) is 0 Å². The number of ether oxygens (including phenoxy) is 4. The molecular weight excluding hydrogens is 615 g/mol. The van der Waals surface area contributed by atoms with Crippen LogP contribution < -0.4 is 10.2 Å². The first-order valence-electron chi connectivity index (χ1n) is 12.4. The molecule has 0 aliphatic heterocycles. The number of unbranched alkanes of at least 4 members (excludes halogenated alkanes) is 2. The molecule has 0 fully saturated rings. The van der Waals surface area contributed by atoms with Gasteiger partial charge in [0.15, 0.2) is 13.6 Å². The monoisotopic (exact) mass is 652 g/mol. The Morgan fingerprint density at radius 2 is 0.974 bits per heavy atom. The van der Waals surface area contributed by atoms with Gasteiger partial charge in [-0.1, -0.05) is 36.4 Å². The minimum atomic E-state index is -1.42. The number of hydrogen-bond donors (Lipinski definition) is 0. The van der Waals surface area contributed by atoms with E-state index >= 15 is 0 Å². The molecule has 0 heterocycles. The van der Waals surface area contributed by atoms with Crippen LogP contribution in [0.25, 0.3) is 0 Å². The van der Waals surface area contributed by atoms with Crippen LogP contribution in [0.1, 0.15) is 81.0 Å². The summed E-state index contributed by atoms with van der Waals surface area (Å²) in [5, 5.41) is 21.3. The molecule has 0 saturated heterocycles. The zero-order chi connectivity index (χ0) is 29.5. The molecule has 0 aliphatic carbocycles. The second-order valence-corrected chi connectivity index (χ2v) is 12.1. The molecule has 212 valence electrons. The van der Waals surface area contributed by atoms with Crippen LogP contribution in [0.2, 0.25) is 8.87 Å². The Hall–Kier alpha value is -2.96. The van der Waals surface area contributed by atoms with Gasteiger partial charge in [0.25, 0.3) is 0 Å². The minimum Gasteiger partial charge on any atom is -0.545 e. The van der Waals surface area contributed by atoms with E-state index in [1.807, 2.05) is 0 Å². The van der Waals surface area contributed by atoms with Gasteiger partial charge in [0.1, 0.15) is 0 Å². The SMILES string of the molecule is CCC[CH2][Sn+2][CH2]CCC.COCOC(=O)c1ccccc1C(=O)[O-].COCOC(=O)c1ccccc1C(=O)[O-]. The molecule has 11 heteroatoms. The van der Waals surface area contributed by atoms with E-state index in [1.165, 1.54) is 88.4 Å². The van der Waals surface area contributed by atoms with E-state index in [0.717, 1.165) is 0 Å². The molecular formula is C28H36O10Sn. The predicted molar refractivity (Wildman–Crippen MR) is 141 cm³/mol. The van der Waals surface area contributed by atoms with Gasteiger partial charge in [-0.05, 0) is 12.1 Å². The van der Waals surface area contributed by atoms with Gasteiger partial charge in [0, 0.05) is 25.3 Å². The van der Waals surface area contributed by atoms with E-state index in [2.05, 4.69) is 32.8 Å². The maximum atomic E-state index is 11.3. The summed E-state index contributed by atoms with van der Waals surface area (Å²) >= 11 is 0.149. The zero-order valence-corrected chi connectivity index (χ0v) is 25.7. The number of benzene rings is 2. The van der Waals surface area contributed by atoms with Crippen LogP contribution in [0.5, 0.6) is 0 Å². The first kappa shape index (κ1) is 36.0. The fourth-order valence-corrected chi connectivity index (χ4v) is 6.95. The van der Waals surface area contributed by atoms with Crippen molar-refractivity contribution in [2.45, 2.75) is 48.4 Å². The third-order valence-corrected chi connectivity index (χ3v) is 8.80. The fourth-order valence-electron chi connectivity index (χ4n) is 2.79. The summed E-state index contributed by atoms with van der Waals surface area (Å²) in [6.45, 7) is 4.14. The molecule has 39 heavy (non-hydrogen) atoms. The van der Waals surface area contributed by atoms with E-state index < -0.39 is 23.9 Å². The molecule has 0 N–H and O–H groups in total. The normalized spacial score (nSPS) is 9.54. The van der Waals surface area contributed by atoms with Crippen LogP contribution in [0.4, 0.5) is 0 Å². The van der Waals surface area contributed by atoms with Crippen LogP contribution in [0.3, 0.4) is 0 Å². The summed E-state index contributed by atoms with van der Waals surface area (Å²) in [6.07, 6.45) is 5.84. The summed E-state index contributed by atoms with van der Waals surface area (Å²) in [5.74, 6) is -4.34. The standard InChI is InChI=1S/2C10H10O5.2C4H9.Sn/c2*1-14-6-15-10(13)8-5-3-2-4-7(8)9(11)12;2*1-3-4-2;/h2*2-5H,6H2,1H3,(H,11,12);2*1,3-4H2,2H3;/q;;;;+2/p-2. The molecule has 0 bridgehead atoms. The summed E-state index contributed by atoms with van der Waals surface area (Å²) in [4.78, 5) is 44.0. The van der Waals surface area contributed by atoms with Gasteiger partial charge in [-0.15, -0.1) is 0 Å². The summed E-state index contributed by atoms with van der Waals surface area (Å²) < 4.78 is 21.5. The van der Waals surface area contributed by atoms with Gasteiger partial charge in [-0.3, -0.25) is 0 Å². The number of carbonyl (C=O) groups excluding carboxylic acids is 4.